The molecular formula is C21H25N3O4S. The van der Waals surface area contributed by atoms with Crippen molar-refractivity contribution in [2.45, 2.75) is 44.6 Å². The Balaban J connectivity index is 1.73. The summed E-state index contributed by atoms with van der Waals surface area (Å²) in [5.74, 6) is -0.0948. The fourth-order valence-electron chi connectivity index (χ4n) is 3.27. The molecule has 2 aromatic rings. The van der Waals surface area contributed by atoms with Crippen LogP contribution < -0.4 is 10.0 Å². The molecule has 0 spiro atoms. The summed E-state index contributed by atoms with van der Waals surface area (Å²) in [6, 6.07) is 11.5. The molecule has 2 aromatic carbocycles. The van der Waals surface area contributed by atoms with Crippen LogP contribution in [-0.2, 0) is 32.6 Å². The number of nitrogens with zero attached hydrogens (tertiary/aromatic N) is 1. The van der Waals surface area contributed by atoms with Crippen LogP contribution in [0.4, 0.5) is 11.4 Å². The molecule has 0 atom stereocenters. The van der Waals surface area contributed by atoms with E-state index in [-0.39, 0.29) is 16.7 Å². The van der Waals surface area contributed by atoms with Crippen LogP contribution in [0.3, 0.4) is 0 Å². The number of nitrogens with one attached hydrogen (secondary N) is 2. The minimum Gasteiger partial charge on any atom is -0.338 e. The number of hydrogen-bond donors (Lipinski definition) is 2. The van der Waals surface area contributed by atoms with E-state index >= 15 is 0 Å². The zero-order valence-electron chi connectivity index (χ0n) is 16.6. The van der Waals surface area contributed by atoms with E-state index in [0.717, 1.165) is 24.0 Å². The predicted molar refractivity (Wildman–Crippen MR) is 112 cm³/mol. The molecule has 1 aliphatic heterocycles. The number of amides is 2. The van der Waals surface area contributed by atoms with Gasteiger partial charge in [-0.05, 0) is 60.4 Å². The highest BCUT2D eigenvalue weighted by Gasteiger charge is 2.20. The Kier molecular flexibility index (Phi) is 6.22. The molecule has 0 saturated heterocycles. The molecule has 2 N–H and O–H groups in total. The first kappa shape index (κ1) is 20.9. The summed E-state index contributed by atoms with van der Waals surface area (Å²) in [5.41, 5.74) is 3.08. The third kappa shape index (κ3) is 5.14. The molecule has 0 unspecified atom stereocenters. The Hall–Kier alpha value is -2.87. The summed E-state index contributed by atoms with van der Waals surface area (Å²) < 4.78 is 28.0. The van der Waals surface area contributed by atoms with Gasteiger partial charge < -0.3 is 10.2 Å². The largest absolute Gasteiger partial charge is 0.338 e. The van der Waals surface area contributed by atoms with E-state index < -0.39 is 10.0 Å². The van der Waals surface area contributed by atoms with Crippen molar-refractivity contribution in [3.63, 3.8) is 0 Å². The predicted octanol–water partition coefficient (Wildman–Crippen LogP) is 3.13. The van der Waals surface area contributed by atoms with Crippen molar-refractivity contribution >= 4 is 33.2 Å². The first-order valence-electron chi connectivity index (χ1n) is 9.58. The van der Waals surface area contributed by atoms with Gasteiger partial charge in [0.15, 0.2) is 0 Å². The first-order chi connectivity index (χ1) is 13.8. The van der Waals surface area contributed by atoms with Crippen molar-refractivity contribution < 1.29 is 18.0 Å². The summed E-state index contributed by atoms with van der Waals surface area (Å²) in [7, 11) is -3.77. The zero-order chi connectivity index (χ0) is 21.0. The molecule has 0 aromatic heterocycles. The molecule has 3 rings (SSSR count). The molecule has 29 heavy (non-hydrogen) atoms. The van der Waals surface area contributed by atoms with Crippen LogP contribution in [0.25, 0.3) is 0 Å². The second-order valence-corrected chi connectivity index (χ2v) is 8.78. The minimum absolute atomic E-state index is 0.00718. The molecule has 0 fully saturated rings. The van der Waals surface area contributed by atoms with Gasteiger partial charge in [0.25, 0.3) is 10.0 Å². The summed E-state index contributed by atoms with van der Waals surface area (Å²) in [6.07, 6.45) is 1.92. The molecule has 7 nitrogen and oxygen atoms in total. The molecule has 0 saturated carbocycles. The molecule has 0 bridgehead atoms. The van der Waals surface area contributed by atoms with E-state index in [4.69, 9.17) is 0 Å². The summed E-state index contributed by atoms with van der Waals surface area (Å²) >= 11 is 0. The Labute approximate surface area is 171 Å². The maximum atomic E-state index is 12.7. The van der Waals surface area contributed by atoms with Gasteiger partial charge in [-0.1, -0.05) is 13.0 Å². The number of rotatable bonds is 6. The quantitative estimate of drug-likeness (QED) is 0.758. The average molecular weight is 416 g/mol. The van der Waals surface area contributed by atoms with Gasteiger partial charge in [-0.25, -0.2) is 8.42 Å². The molecule has 2 amide bonds. The zero-order valence-corrected chi connectivity index (χ0v) is 17.4. The third-order valence-electron chi connectivity index (χ3n) is 4.84. The summed E-state index contributed by atoms with van der Waals surface area (Å²) in [6.45, 7) is 4.60. The number of fused-ring (bicyclic) bond motifs is 1. The normalized spacial score (nSPS) is 13.5. The standard InChI is InChI=1S/C21H25N3O4S/c1-3-4-21(26)22-18-7-9-20(10-8-18)29(27,28)23-19-6-5-16-11-12-24(15(2)25)14-17(16)13-19/h5-10,13,23H,3-4,11-12,14H2,1-2H3,(H,22,26). The number of benzene rings is 2. The molecule has 1 heterocycles. The van der Waals surface area contributed by atoms with Crippen LogP contribution >= 0.6 is 0 Å². The van der Waals surface area contributed by atoms with Crippen molar-refractivity contribution in [1.29, 1.82) is 0 Å². The lowest BCUT2D eigenvalue weighted by Crippen LogP contribution is -2.34. The smallest absolute Gasteiger partial charge is 0.261 e. The molecule has 1 aliphatic rings. The van der Waals surface area contributed by atoms with Gasteiger partial charge in [-0.2, -0.15) is 0 Å². The van der Waals surface area contributed by atoms with Crippen molar-refractivity contribution in [2.24, 2.45) is 0 Å². The number of sulfonamides is 1. The maximum absolute atomic E-state index is 12.7. The Bertz CT molecular complexity index is 1020. The molecule has 0 aliphatic carbocycles. The van der Waals surface area contributed by atoms with Crippen LogP contribution in [0.15, 0.2) is 47.4 Å². The molecule has 0 radical (unpaired) electrons. The topological polar surface area (TPSA) is 95.6 Å². The highest BCUT2D eigenvalue weighted by Crippen LogP contribution is 2.25. The highest BCUT2D eigenvalue weighted by molar-refractivity contribution is 7.92. The SMILES string of the molecule is CCCC(=O)Nc1ccc(S(=O)(=O)Nc2ccc3c(c2)CN(C(C)=O)CC3)cc1. The van der Waals surface area contributed by atoms with Gasteiger partial charge in [-0.3, -0.25) is 14.3 Å². The van der Waals surface area contributed by atoms with Crippen molar-refractivity contribution in [3.05, 3.63) is 53.6 Å². The number of hydrogen-bond acceptors (Lipinski definition) is 4. The third-order valence-corrected chi connectivity index (χ3v) is 6.24. The highest BCUT2D eigenvalue weighted by atomic mass is 32.2. The first-order valence-corrected chi connectivity index (χ1v) is 11.1. The van der Waals surface area contributed by atoms with Crippen LogP contribution in [-0.4, -0.2) is 31.7 Å². The summed E-state index contributed by atoms with van der Waals surface area (Å²) in [4.78, 5) is 25.1. The van der Waals surface area contributed by atoms with Crippen molar-refractivity contribution in [2.75, 3.05) is 16.6 Å². The maximum Gasteiger partial charge on any atom is 0.261 e. The van der Waals surface area contributed by atoms with Crippen molar-refractivity contribution in [1.82, 2.24) is 4.90 Å². The van der Waals surface area contributed by atoms with Crippen LogP contribution in [0.2, 0.25) is 0 Å². The Morgan fingerprint density at radius 2 is 1.72 bits per heavy atom. The fourth-order valence-corrected chi connectivity index (χ4v) is 4.32. The van der Waals surface area contributed by atoms with E-state index in [1.807, 2.05) is 13.0 Å². The monoisotopic (exact) mass is 415 g/mol. The lowest BCUT2D eigenvalue weighted by molar-refractivity contribution is -0.129. The van der Waals surface area contributed by atoms with E-state index in [9.17, 15) is 18.0 Å². The van der Waals surface area contributed by atoms with Gasteiger partial charge in [0, 0.05) is 37.8 Å². The van der Waals surface area contributed by atoms with Crippen LogP contribution in [0.1, 0.15) is 37.8 Å². The number of carbonyl (C=O) groups is 2. The van der Waals surface area contributed by atoms with Gasteiger partial charge in [0.05, 0.1) is 4.90 Å². The average Bonchev–Trinajstić information content (AvgIpc) is 2.67. The van der Waals surface area contributed by atoms with E-state index in [1.54, 1.807) is 29.2 Å². The fraction of sp³-hybridized carbons (Fsp3) is 0.333. The van der Waals surface area contributed by atoms with Gasteiger partial charge in [0.2, 0.25) is 11.8 Å². The molecule has 154 valence electrons. The summed E-state index contributed by atoms with van der Waals surface area (Å²) in [5, 5.41) is 2.73. The molecule has 8 heteroatoms. The second kappa shape index (κ2) is 8.65. The van der Waals surface area contributed by atoms with Crippen LogP contribution in [0, 0.1) is 0 Å². The van der Waals surface area contributed by atoms with E-state index in [2.05, 4.69) is 10.0 Å². The molecular weight excluding hydrogens is 390 g/mol. The number of carbonyl (C=O) groups excluding carboxylic acids is 2. The lowest BCUT2D eigenvalue weighted by atomic mass is 9.99. The van der Waals surface area contributed by atoms with Gasteiger partial charge in [-0.15, -0.1) is 0 Å². The second-order valence-electron chi connectivity index (χ2n) is 7.10. The van der Waals surface area contributed by atoms with E-state index in [1.165, 1.54) is 19.1 Å². The lowest BCUT2D eigenvalue weighted by Gasteiger charge is -2.28. The van der Waals surface area contributed by atoms with Gasteiger partial charge in [0.1, 0.15) is 0 Å². The Morgan fingerprint density at radius 3 is 2.38 bits per heavy atom. The minimum atomic E-state index is -3.77. The van der Waals surface area contributed by atoms with E-state index in [0.29, 0.717) is 30.9 Å². The van der Waals surface area contributed by atoms with Crippen molar-refractivity contribution in [3.8, 4) is 0 Å². The van der Waals surface area contributed by atoms with Crippen LogP contribution in [0.5, 0.6) is 0 Å². The number of anilines is 2. The van der Waals surface area contributed by atoms with Gasteiger partial charge >= 0.3 is 0 Å². The Morgan fingerprint density at radius 1 is 1.03 bits per heavy atom.